The molecule has 2 aromatic heterocycles. The maximum Gasteiger partial charge on any atom is 0.140 e. The van der Waals surface area contributed by atoms with Gasteiger partial charge in [0.1, 0.15) is 12.4 Å². The van der Waals surface area contributed by atoms with Crippen molar-refractivity contribution in [3.63, 3.8) is 0 Å². The lowest BCUT2D eigenvalue weighted by Gasteiger charge is -2.06. The molecule has 6 nitrogen and oxygen atoms in total. The minimum Gasteiger partial charge on any atom is -0.397 e. The molecule has 0 aliphatic carbocycles. The van der Waals surface area contributed by atoms with Gasteiger partial charge in [0.15, 0.2) is 0 Å². The molecule has 0 amide bonds. The summed E-state index contributed by atoms with van der Waals surface area (Å²) in [7, 11) is 0. The maximum absolute atomic E-state index is 8.61. The van der Waals surface area contributed by atoms with Gasteiger partial charge in [-0.2, -0.15) is 0 Å². The Morgan fingerprint density at radius 2 is 2.21 bits per heavy atom. The van der Waals surface area contributed by atoms with Crippen LogP contribution in [-0.4, -0.2) is 27.7 Å². The van der Waals surface area contributed by atoms with E-state index in [0.717, 1.165) is 5.52 Å². The molecular weight excluding hydrogens is 184 g/mol. The van der Waals surface area contributed by atoms with E-state index in [1.54, 1.807) is 22.8 Å². The first-order valence-corrected chi connectivity index (χ1v) is 4.22. The zero-order valence-electron chi connectivity index (χ0n) is 7.55. The first-order valence-electron chi connectivity index (χ1n) is 4.22. The van der Waals surface area contributed by atoms with Crippen LogP contribution in [0.1, 0.15) is 0 Å². The summed E-state index contributed by atoms with van der Waals surface area (Å²) >= 11 is 0. The van der Waals surface area contributed by atoms with Crippen molar-refractivity contribution in [1.82, 2.24) is 9.36 Å². The minimum absolute atomic E-state index is 0.0453. The number of rotatable bonds is 3. The number of nitrogens with zero attached hydrogens (tertiary/aromatic N) is 2. The van der Waals surface area contributed by atoms with Gasteiger partial charge in [0.05, 0.1) is 24.0 Å². The molecule has 5 N–H and O–H groups in total. The van der Waals surface area contributed by atoms with Crippen molar-refractivity contribution in [3.05, 3.63) is 18.3 Å². The molecule has 0 saturated heterocycles. The average molecular weight is 196 g/mol. The van der Waals surface area contributed by atoms with E-state index in [1.165, 1.54) is 4.85 Å². The van der Waals surface area contributed by atoms with Gasteiger partial charge in [-0.15, -0.1) is 4.85 Å². The van der Waals surface area contributed by atoms with Crippen LogP contribution in [0.25, 0.3) is 5.52 Å². The van der Waals surface area contributed by atoms with Gasteiger partial charge < -0.3 is 21.4 Å². The predicted octanol–water partition coefficient (Wildman–Crippen LogP) is -0.674. The lowest BCUT2D eigenvalue weighted by Crippen LogP contribution is -2.19. The Morgan fingerprint density at radius 3 is 2.93 bits per heavy atom. The molecule has 0 spiro atoms. The van der Waals surface area contributed by atoms with Gasteiger partial charge in [-0.3, -0.25) is 0 Å². The smallest absolute Gasteiger partial charge is 0.140 e. The van der Waals surface area contributed by atoms with Gasteiger partial charge in [-0.1, -0.05) is 0 Å². The first kappa shape index (κ1) is 8.76. The van der Waals surface area contributed by atoms with Crippen LogP contribution in [-0.2, 0) is 0 Å². The monoisotopic (exact) mass is 196 g/mol. The molecule has 2 rings (SSSR count). The van der Waals surface area contributed by atoms with Gasteiger partial charge in [0, 0.05) is 6.07 Å². The number of hydrogen-bond donors (Lipinski definition) is 3. The van der Waals surface area contributed by atoms with E-state index >= 15 is 0 Å². The Hall–Kier alpha value is -1.82. The number of aliphatic hydroxyl groups is 1. The standard InChI is InChI=1S/C8H12N4O2/c9-6-5-8(10)12-7(6)1-2-11(12)14-4-3-13/h1-2,5,13H,3-4,9-10H2. The second-order valence-electron chi connectivity index (χ2n) is 2.90. The Morgan fingerprint density at radius 1 is 1.43 bits per heavy atom. The van der Waals surface area contributed by atoms with Crippen molar-refractivity contribution in [3.8, 4) is 0 Å². The normalized spacial score (nSPS) is 10.9. The van der Waals surface area contributed by atoms with E-state index < -0.39 is 0 Å². The van der Waals surface area contributed by atoms with Gasteiger partial charge in [-0.25, -0.2) is 4.52 Å². The summed E-state index contributed by atoms with van der Waals surface area (Å²) < 4.78 is 1.63. The number of anilines is 2. The second-order valence-corrected chi connectivity index (χ2v) is 2.90. The molecular formula is C8H12N4O2. The van der Waals surface area contributed by atoms with E-state index in [-0.39, 0.29) is 13.2 Å². The summed E-state index contributed by atoms with van der Waals surface area (Å²) in [5, 5.41) is 8.61. The number of hydrogen-bond acceptors (Lipinski definition) is 4. The molecule has 0 atom stereocenters. The number of nitrogen functional groups attached to an aromatic ring is 2. The largest absolute Gasteiger partial charge is 0.397 e. The number of aromatic nitrogens is 2. The van der Waals surface area contributed by atoms with E-state index in [4.69, 9.17) is 21.4 Å². The zero-order valence-corrected chi connectivity index (χ0v) is 7.55. The summed E-state index contributed by atoms with van der Waals surface area (Å²) in [6.45, 7) is 0.164. The molecule has 0 saturated carbocycles. The highest BCUT2D eigenvalue weighted by atomic mass is 16.7. The van der Waals surface area contributed by atoms with Crippen molar-refractivity contribution in [1.29, 1.82) is 0 Å². The van der Waals surface area contributed by atoms with E-state index in [2.05, 4.69) is 0 Å². The van der Waals surface area contributed by atoms with Crippen LogP contribution in [0.5, 0.6) is 0 Å². The highest BCUT2D eigenvalue weighted by molar-refractivity contribution is 5.75. The van der Waals surface area contributed by atoms with Crippen LogP contribution in [0, 0.1) is 0 Å². The second kappa shape index (κ2) is 3.15. The molecule has 0 aliphatic heterocycles. The predicted molar refractivity (Wildman–Crippen MR) is 52.7 cm³/mol. The fourth-order valence-electron chi connectivity index (χ4n) is 1.38. The van der Waals surface area contributed by atoms with Crippen molar-refractivity contribution in [2.45, 2.75) is 0 Å². The lowest BCUT2D eigenvalue weighted by molar-refractivity contribution is 0.0484. The molecule has 6 heteroatoms. The van der Waals surface area contributed by atoms with Crippen molar-refractivity contribution in [2.75, 3.05) is 24.7 Å². The Kier molecular flexibility index (Phi) is 1.97. The fraction of sp³-hybridized carbons (Fsp3) is 0.250. The number of nitrogens with two attached hydrogens (primary N) is 2. The van der Waals surface area contributed by atoms with Crippen LogP contribution in [0.4, 0.5) is 11.5 Å². The van der Waals surface area contributed by atoms with Crippen molar-refractivity contribution in [2.24, 2.45) is 0 Å². The van der Waals surface area contributed by atoms with Crippen molar-refractivity contribution < 1.29 is 9.94 Å². The Bertz CT molecular complexity index is 445. The molecule has 0 aliphatic rings. The van der Waals surface area contributed by atoms with Crippen LogP contribution in [0.3, 0.4) is 0 Å². The average Bonchev–Trinajstić information content (AvgIpc) is 2.67. The zero-order chi connectivity index (χ0) is 10.1. The van der Waals surface area contributed by atoms with E-state index in [9.17, 15) is 0 Å². The van der Waals surface area contributed by atoms with Crippen LogP contribution < -0.4 is 16.3 Å². The molecule has 0 bridgehead atoms. The molecule has 0 radical (unpaired) electrons. The summed E-state index contributed by atoms with van der Waals surface area (Å²) in [5.41, 5.74) is 12.8. The number of fused-ring (bicyclic) bond motifs is 1. The Balaban J connectivity index is 2.45. The lowest BCUT2D eigenvalue weighted by atomic mass is 10.4. The molecule has 2 heterocycles. The summed E-state index contributed by atoms with van der Waals surface area (Å²) in [5.74, 6) is 0.500. The minimum atomic E-state index is -0.0453. The van der Waals surface area contributed by atoms with Crippen LogP contribution in [0.2, 0.25) is 0 Å². The fourth-order valence-corrected chi connectivity index (χ4v) is 1.38. The van der Waals surface area contributed by atoms with Gasteiger partial charge in [0.2, 0.25) is 0 Å². The van der Waals surface area contributed by atoms with E-state index in [0.29, 0.717) is 11.5 Å². The van der Waals surface area contributed by atoms with Crippen LogP contribution >= 0.6 is 0 Å². The van der Waals surface area contributed by atoms with Gasteiger partial charge in [0.25, 0.3) is 0 Å². The van der Waals surface area contributed by atoms with Gasteiger partial charge in [-0.05, 0) is 6.07 Å². The summed E-state index contributed by atoms with van der Waals surface area (Å²) in [4.78, 5) is 6.64. The summed E-state index contributed by atoms with van der Waals surface area (Å²) in [6, 6.07) is 3.46. The highest BCUT2D eigenvalue weighted by Gasteiger charge is 2.08. The Labute approximate surface area is 80.2 Å². The molecule has 2 aromatic rings. The van der Waals surface area contributed by atoms with Gasteiger partial charge >= 0.3 is 0 Å². The molecule has 76 valence electrons. The first-order chi connectivity index (χ1) is 6.74. The quantitative estimate of drug-likeness (QED) is 0.607. The highest BCUT2D eigenvalue weighted by Crippen LogP contribution is 2.20. The van der Waals surface area contributed by atoms with Crippen LogP contribution in [0.15, 0.2) is 18.3 Å². The van der Waals surface area contributed by atoms with E-state index in [1.807, 2.05) is 0 Å². The SMILES string of the molecule is Nc1cc(N)n2c1ccn2OCCO. The summed E-state index contributed by atoms with van der Waals surface area (Å²) in [6.07, 6.45) is 1.69. The molecule has 0 fully saturated rings. The molecule has 14 heavy (non-hydrogen) atoms. The van der Waals surface area contributed by atoms with Crippen molar-refractivity contribution >= 4 is 17.0 Å². The maximum atomic E-state index is 8.61. The number of aliphatic hydroxyl groups excluding tert-OH is 1. The third-order valence-corrected chi connectivity index (χ3v) is 1.94. The topological polar surface area (TPSA) is 90.8 Å². The molecule has 0 aromatic carbocycles. The third kappa shape index (κ3) is 1.16. The molecule has 0 unspecified atom stereocenters. The third-order valence-electron chi connectivity index (χ3n) is 1.94.